The number of rotatable bonds is 6. The van der Waals surface area contributed by atoms with Crippen molar-refractivity contribution in [2.45, 2.75) is 65.0 Å². The summed E-state index contributed by atoms with van der Waals surface area (Å²) in [6, 6.07) is 0.462. The van der Waals surface area contributed by atoms with E-state index in [4.69, 9.17) is 9.15 Å². The Balaban J connectivity index is 1.47. The maximum atomic E-state index is 5.85. The lowest BCUT2D eigenvalue weighted by atomic mass is 9.94. The molecule has 2 aliphatic rings. The Morgan fingerprint density at radius 1 is 1.29 bits per heavy atom. The Hall–Kier alpha value is -1.60. The molecule has 0 spiro atoms. The van der Waals surface area contributed by atoms with Gasteiger partial charge in [0.25, 0.3) is 0 Å². The number of oxazole rings is 1. The van der Waals surface area contributed by atoms with Crippen LogP contribution in [0.15, 0.2) is 15.6 Å². The van der Waals surface area contributed by atoms with Crippen LogP contribution in [0.4, 0.5) is 0 Å². The molecule has 1 aromatic heterocycles. The summed E-state index contributed by atoms with van der Waals surface area (Å²) in [5.74, 6) is 3.13. The van der Waals surface area contributed by atoms with Crippen LogP contribution in [-0.2, 0) is 16.7 Å². The highest BCUT2D eigenvalue weighted by atomic mass is 16.5. The number of guanidine groups is 1. The first kappa shape index (κ1) is 21.1. The SMILES string of the molecule is CCNC(=NCc1ncc(C(C)(C)C)o1)NC1CCN(CC2CCOC2)CC1. The summed E-state index contributed by atoms with van der Waals surface area (Å²) in [7, 11) is 0. The molecule has 3 heterocycles. The molecule has 0 aromatic carbocycles. The Morgan fingerprint density at radius 2 is 2.07 bits per heavy atom. The minimum absolute atomic E-state index is 0.0314. The van der Waals surface area contributed by atoms with Gasteiger partial charge in [-0.15, -0.1) is 0 Å². The number of ether oxygens (including phenoxy) is 1. The number of nitrogens with one attached hydrogen (secondary N) is 2. The Bertz CT molecular complexity index is 623. The van der Waals surface area contributed by atoms with E-state index in [2.05, 4.69) is 53.2 Å². The third kappa shape index (κ3) is 6.21. The molecule has 2 aliphatic heterocycles. The Kier molecular flexibility index (Phi) is 7.35. The Morgan fingerprint density at radius 3 is 2.68 bits per heavy atom. The average Bonchev–Trinajstić information content (AvgIpc) is 3.33. The largest absolute Gasteiger partial charge is 0.443 e. The zero-order valence-electron chi connectivity index (χ0n) is 18.0. The normalized spacial score (nSPS) is 22.6. The summed E-state index contributed by atoms with van der Waals surface area (Å²) in [4.78, 5) is 11.6. The van der Waals surface area contributed by atoms with Gasteiger partial charge < -0.3 is 24.7 Å². The van der Waals surface area contributed by atoms with Crippen molar-refractivity contribution in [3.8, 4) is 0 Å². The third-order valence-corrected chi connectivity index (χ3v) is 5.48. The second-order valence-corrected chi connectivity index (χ2v) is 9.01. The minimum atomic E-state index is -0.0314. The van der Waals surface area contributed by atoms with Gasteiger partial charge in [-0.3, -0.25) is 0 Å². The zero-order valence-corrected chi connectivity index (χ0v) is 18.0. The molecule has 1 atom stereocenters. The summed E-state index contributed by atoms with van der Waals surface area (Å²) in [6.45, 7) is 15.1. The minimum Gasteiger partial charge on any atom is -0.443 e. The first-order valence-corrected chi connectivity index (χ1v) is 10.7. The predicted molar refractivity (Wildman–Crippen MR) is 112 cm³/mol. The summed E-state index contributed by atoms with van der Waals surface area (Å²) in [5.41, 5.74) is -0.0314. The standard InChI is InChI=1S/C21H37N5O2/c1-5-22-20(24-13-19-23-12-18(28-19)21(2,3)4)25-17-6-9-26(10-7-17)14-16-8-11-27-15-16/h12,16-17H,5-11,13-15H2,1-4H3,(H2,22,24,25). The lowest BCUT2D eigenvalue weighted by molar-refractivity contribution is 0.150. The van der Waals surface area contributed by atoms with Crippen LogP contribution in [-0.4, -0.2) is 61.3 Å². The number of aliphatic imine (C=N–C) groups is 1. The first-order chi connectivity index (χ1) is 13.4. The van der Waals surface area contributed by atoms with E-state index in [0.717, 1.165) is 63.3 Å². The maximum Gasteiger partial charge on any atom is 0.216 e. The van der Waals surface area contributed by atoms with Gasteiger partial charge in [0.1, 0.15) is 12.3 Å². The maximum absolute atomic E-state index is 5.85. The highest BCUT2D eigenvalue weighted by Gasteiger charge is 2.24. The molecule has 0 amide bonds. The summed E-state index contributed by atoms with van der Waals surface area (Å²) < 4.78 is 11.4. The first-order valence-electron chi connectivity index (χ1n) is 10.7. The van der Waals surface area contributed by atoms with Crippen LogP contribution in [0.3, 0.4) is 0 Å². The van der Waals surface area contributed by atoms with Crippen LogP contribution in [0.2, 0.25) is 0 Å². The monoisotopic (exact) mass is 391 g/mol. The van der Waals surface area contributed by atoms with Gasteiger partial charge in [0.05, 0.1) is 12.8 Å². The smallest absolute Gasteiger partial charge is 0.216 e. The molecule has 158 valence electrons. The van der Waals surface area contributed by atoms with Gasteiger partial charge in [0, 0.05) is 44.2 Å². The van der Waals surface area contributed by atoms with E-state index in [-0.39, 0.29) is 5.41 Å². The second-order valence-electron chi connectivity index (χ2n) is 9.01. The number of hydrogen-bond acceptors (Lipinski definition) is 5. The molecule has 1 unspecified atom stereocenters. The van der Waals surface area contributed by atoms with Crippen molar-refractivity contribution in [2.75, 3.05) is 39.4 Å². The van der Waals surface area contributed by atoms with E-state index in [1.165, 1.54) is 13.0 Å². The molecule has 0 radical (unpaired) electrons. The number of aromatic nitrogens is 1. The van der Waals surface area contributed by atoms with Crippen molar-refractivity contribution in [1.29, 1.82) is 0 Å². The number of hydrogen-bond donors (Lipinski definition) is 2. The van der Waals surface area contributed by atoms with Crippen molar-refractivity contribution in [1.82, 2.24) is 20.5 Å². The van der Waals surface area contributed by atoms with E-state index >= 15 is 0 Å². The van der Waals surface area contributed by atoms with Gasteiger partial charge in [-0.05, 0) is 32.1 Å². The van der Waals surface area contributed by atoms with Crippen molar-refractivity contribution in [2.24, 2.45) is 10.9 Å². The lowest BCUT2D eigenvalue weighted by Gasteiger charge is -2.34. The molecule has 0 aliphatic carbocycles. The number of nitrogens with zero attached hydrogens (tertiary/aromatic N) is 3. The van der Waals surface area contributed by atoms with Crippen LogP contribution in [0.1, 0.15) is 58.6 Å². The highest BCUT2D eigenvalue weighted by molar-refractivity contribution is 5.80. The van der Waals surface area contributed by atoms with Crippen molar-refractivity contribution >= 4 is 5.96 Å². The van der Waals surface area contributed by atoms with Gasteiger partial charge in [-0.1, -0.05) is 20.8 Å². The van der Waals surface area contributed by atoms with Gasteiger partial charge >= 0.3 is 0 Å². The van der Waals surface area contributed by atoms with E-state index in [0.29, 0.717) is 18.5 Å². The molecule has 2 fully saturated rings. The molecular weight excluding hydrogens is 354 g/mol. The van der Waals surface area contributed by atoms with Crippen LogP contribution in [0, 0.1) is 5.92 Å². The average molecular weight is 392 g/mol. The Labute approximate surface area is 169 Å². The molecule has 7 nitrogen and oxygen atoms in total. The summed E-state index contributed by atoms with van der Waals surface area (Å²) in [5, 5.41) is 6.94. The van der Waals surface area contributed by atoms with E-state index in [1.807, 2.05) is 6.20 Å². The van der Waals surface area contributed by atoms with E-state index < -0.39 is 0 Å². The van der Waals surface area contributed by atoms with Crippen LogP contribution in [0.5, 0.6) is 0 Å². The third-order valence-electron chi connectivity index (χ3n) is 5.48. The van der Waals surface area contributed by atoms with Gasteiger partial charge in [-0.25, -0.2) is 9.98 Å². The topological polar surface area (TPSA) is 74.9 Å². The lowest BCUT2D eigenvalue weighted by Crippen LogP contribution is -2.49. The zero-order chi connectivity index (χ0) is 20.0. The fourth-order valence-corrected chi connectivity index (χ4v) is 3.74. The number of piperidine rings is 1. The van der Waals surface area contributed by atoms with Gasteiger partial charge in [-0.2, -0.15) is 0 Å². The van der Waals surface area contributed by atoms with E-state index in [1.54, 1.807) is 0 Å². The van der Waals surface area contributed by atoms with Crippen molar-refractivity contribution < 1.29 is 9.15 Å². The molecule has 1 aromatic rings. The molecule has 3 rings (SSSR count). The van der Waals surface area contributed by atoms with Crippen LogP contribution in [0.25, 0.3) is 0 Å². The van der Waals surface area contributed by atoms with Crippen molar-refractivity contribution in [3.63, 3.8) is 0 Å². The van der Waals surface area contributed by atoms with Crippen LogP contribution >= 0.6 is 0 Å². The molecule has 0 bridgehead atoms. The summed E-state index contributed by atoms with van der Waals surface area (Å²) in [6.07, 6.45) is 5.32. The van der Waals surface area contributed by atoms with Gasteiger partial charge in [0.2, 0.25) is 5.89 Å². The molecule has 2 N–H and O–H groups in total. The molecular formula is C21H37N5O2. The molecule has 2 saturated heterocycles. The molecule has 0 saturated carbocycles. The number of likely N-dealkylation sites (tertiary alicyclic amines) is 1. The van der Waals surface area contributed by atoms with Crippen LogP contribution < -0.4 is 10.6 Å². The fraction of sp³-hybridized carbons (Fsp3) is 0.810. The summed E-state index contributed by atoms with van der Waals surface area (Å²) >= 11 is 0. The van der Waals surface area contributed by atoms with Crippen molar-refractivity contribution in [3.05, 3.63) is 17.8 Å². The van der Waals surface area contributed by atoms with Gasteiger partial charge in [0.15, 0.2) is 5.96 Å². The second kappa shape index (κ2) is 9.74. The highest BCUT2D eigenvalue weighted by Crippen LogP contribution is 2.23. The predicted octanol–water partition coefficient (Wildman–Crippen LogP) is 2.53. The van der Waals surface area contributed by atoms with E-state index in [9.17, 15) is 0 Å². The molecule has 28 heavy (non-hydrogen) atoms. The fourth-order valence-electron chi connectivity index (χ4n) is 3.74. The molecule has 7 heteroatoms. The quantitative estimate of drug-likeness (QED) is 0.573.